The van der Waals surface area contributed by atoms with Gasteiger partial charge in [-0.05, 0) is 26.0 Å². The van der Waals surface area contributed by atoms with E-state index < -0.39 is 0 Å². The Morgan fingerprint density at radius 3 is 2.52 bits per heavy atom. The molecule has 0 atom stereocenters. The molecule has 27 heavy (non-hydrogen) atoms. The van der Waals surface area contributed by atoms with E-state index in [9.17, 15) is 9.59 Å². The van der Waals surface area contributed by atoms with Gasteiger partial charge in [0.15, 0.2) is 5.78 Å². The number of hydrogen-bond acceptors (Lipinski definition) is 5. The highest BCUT2D eigenvalue weighted by molar-refractivity contribution is 7.14. The third kappa shape index (κ3) is 5.58. The maximum atomic E-state index is 12.0. The van der Waals surface area contributed by atoms with Gasteiger partial charge in [-0.3, -0.25) is 9.59 Å². The number of carbonyl (C=O) groups excluding carboxylic acids is 2. The molecule has 0 unspecified atom stereocenters. The maximum Gasteiger partial charge on any atom is 0.220 e. The molecule has 0 aliphatic carbocycles. The molecule has 0 aliphatic heterocycles. The molecule has 4 nitrogen and oxygen atoms in total. The van der Waals surface area contributed by atoms with Gasteiger partial charge in [-0.25, -0.2) is 4.98 Å². The van der Waals surface area contributed by atoms with Crippen molar-refractivity contribution in [2.45, 2.75) is 33.1 Å². The molecule has 0 radical (unpaired) electrons. The monoisotopic (exact) mass is 398 g/mol. The third-order valence-electron chi connectivity index (χ3n) is 4.15. The number of amides is 1. The lowest BCUT2D eigenvalue weighted by Gasteiger charge is -2.03. The van der Waals surface area contributed by atoms with Gasteiger partial charge in [0.1, 0.15) is 5.01 Å². The van der Waals surface area contributed by atoms with Crippen LogP contribution in [0.2, 0.25) is 0 Å². The molecule has 0 spiro atoms. The zero-order chi connectivity index (χ0) is 19.2. The highest BCUT2D eigenvalue weighted by Crippen LogP contribution is 2.24. The average Bonchev–Trinajstić information content (AvgIpc) is 3.30. The van der Waals surface area contributed by atoms with Crippen molar-refractivity contribution in [3.63, 3.8) is 0 Å². The second-order valence-electron chi connectivity index (χ2n) is 6.44. The zero-order valence-electron chi connectivity index (χ0n) is 15.5. The fourth-order valence-electron chi connectivity index (χ4n) is 2.60. The smallest absolute Gasteiger partial charge is 0.220 e. The highest BCUT2D eigenvalue weighted by atomic mass is 32.1. The molecule has 140 valence electrons. The Morgan fingerprint density at radius 1 is 1.04 bits per heavy atom. The Labute approximate surface area is 167 Å². The molecular formula is C21H22N2O2S2. The molecule has 2 heterocycles. The van der Waals surface area contributed by atoms with E-state index in [1.54, 1.807) is 11.3 Å². The van der Waals surface area contributed by atoms with Crippen LogP contribution in [0, 0.1) is 13.8 Å². The van der Waals surface area contributed by atoms with Crippen molar-refractivity contribution >= 4 is 34.4 Å². The molecule has 1 aromatic carbocycles. The van der Waals surface area contributed by atoms with Crippen molar-refractivity contribution in [1.29, 1.82) is 0 Å². The Bertz CT molecular complexity index is 926. The van der Waals surface area contributed by atoms with E-state index in [0.29, 0.717) is 13.0 Å². The van der Waals surface area contributed by atoms with Crippen LogP contribution < -0.4 is 5.32 Å². The number of nitrogens with zero attached hydrogens (tertiary/aromatic N) is 1. The molecule has 3 aromatic rings. The van der Waals surface area contributed by atoms with E-state index in [4.69, 9.17) is 0 Å². The van der Waals surface area contributed by atoms with E-state index in [-0.39, 0.29) is 24.5 Å². The minimum Gasteiger partial charge on any atom is -0.356 e. The molecule has 0 fully saturated rings. The molecule has 0 bridgehead atoms. The average molecular weight is 399 g/mol. The first-order valence-corrected chi connectivity index (χ1v) is 10.6. The lowest BCUT2D eigenvalue weighted by molar-refractivity contribution is -0.121. The van der Waals surface area contributed by atoms with Gasteiger partial charge in [0.2, 0.25) is 5.91 Å². The Balaban J connectivity index is 1.41. The number of aromatic nitrogens is 1. The lowest BCUT2D eigenvalue weighted by atomic mass is 10.2. The maximum absolute atomic E-state index is 12.0. The van der Waals surface area contributed by atoms with Gasteiger partial charge in [-0.1, -0.05) is 29.8 Å². The van der Waals surface area contributed by atoms with Crippen LogP contribution in [0.15, 0.2) is 41.8 Å². The molecule has 0 aliphatic rings. The number of carbonyl (C=O) groups is 2. The van der Waals surface area contributed by atoms with E-state index in [2.05, 4.69) is 41.5 Å². The topological polar surface area (TPSA) is 59.1 Å². The van der Waals surface area contributed by atoms with Crippen LogP contribution in [0.1, 0.15) is 38.6 Å². The van der Waals surface area contributed by atoms with Crippen molar-refractivity contribution in [3.8, 4) is 10.6 Å². The number of rotatable bonds is 8. The van der Waals surface area contributed by atoms with Gasteiger partial charge in [0.25, 0.3) is 0 Å². The number of hydrogen-bond donors (Lipinski definition) is 1. The molecule has 1 N–H and O–H groups in total. The minimum atomic E-state index is -0.0920. The predicted octanol–water partition coefficient (Wildman–Crippen LogP) is 4.81. The molecular weight excluding hydrogens is 376 g/mol. The molecule has 3 rings (SSSR count). The van der Waals surface area contributed by atoms with E-state index in [0.717, 1.165) is 26.0 Å². The standard InChI is InChI=1S/C21H22N2O2S2/c1-14-3-6-16(7-4-14)21-23-17(13-26-21)11-12-22-20(25)10-8-18(24)19-9-5-15(2)27-19/h3-7,9,13H,8,10-12H2,1-2H3,(H,22,25). The van der Waals surface area contributed by atoms with E-state index >= 15 is 0 Å². The van der Waals surface area contributed by atoms with E-state index in [1.165, 1.54) is 16.9 Å². The summed E-state index contributed by atoms with van der Waals surface area (Å²) in [6.45, 7) is 4.56. The Hall–Kier alpha value is -2.31. The van der Waals surface area contributed by atoms with Gasteiger partial charge < -0.3 is 5.32 Å². The van der Waals surface area contributed by atoms with Crippen molar-refractivity contribution in [1.82, 2.24) is 10.3 Å². The first kappa shape index (κ1) is 19.5. The second-order valence-corrected chi connectivity index (χ2v) is 8.59. The Morgan fingerprint density at radius 2 is 1.81 bits per heavy atom. The molecule has 6 heteroatoms. The van der Waals surface area contributed by atoms with Crippen LogP contribution in [-0.2, 0) is 11.2 Å². The number of Topliss-reactive ketones (excluding diaryl/α,β-unsaturated/α-hetero) is 1. The van der Waals surface area contributed by atoms with Crippen LogP contribution in [0.3, 0.4) is 0 Å². The molecule has 0 saturated heterocycles. The summed E-state index contributed by atoms with van der Waals surface area (Å²) in [5.74, 6) is -0.0592. The second kappa shape index (κ2) is 9.06. The normalized spacial score (nSPS) is 10.7. The minimum absolute atomic E-state index is 0.0329. The third-order valence-corrected chi connectivity index (χ3v) is 6.13. The van der Waals surface area contributed by atoms with Gasteiger partial charge >= 0.3 is 0 Å². The fourth-order valence-corrected chi connectivity index (χ4v) is 4.30. The van der Waals surface area contributed by atoms with Crippen molar-refractivity contribution in [2.75, 3.05) is 6.54 Å². The van der Waals surface area contributed by atoms with Crippen molar-refractivity contribution < 1.29 is 9.59 Å². The molecule has 2 aromatic heterocycles. The quantitative estimate of drug-likeness (QED) is 0.554. The van der Waals surface area contributed by atoms with Crippen LogP contribution in [0.5, 0.6) is 0 Å². The van der Waals surface area contributed by atoms with Crippen molar-refractivity contribution in [2.24, 2.45) is 0 Å². The number of ketones is 1. The van der Waals surface area contributed by atoms with Gasteiger partial charge in [0.05, 0.1) is 10.6 Å². The van der Waals surface area contributed by atoms with Crippen LogP contribution in [-0.4, -0.2) is 23.2 Å². The summed E-state index contributed by atoms with van der Waals surface area (Å²) in [6.07, 6.45) is 1.16. The summed E-state index contributed by atoms with van der Waals surface area (Å²) in [5, 5.41) is 5.90. The summed E-state index contributed by atoms with van der Waals surface area (Å²) >= 11 is 3.09. The number of thiazole rings is 1. The number of nitrogens with one attached hydrogen (secondary N) is 1. The number of thiophene rings is 1. The highest BCUT2D eigenvalue weighted by Gasteiger charge is 2.11. The molecule has 0 saturated carbocycles. The zero-order valence-corrected chi connectivity index (χ0v) is 17.1. The van der Waals surface area contributed by atoms with Crippen LogP contribution in [0.4, 0.5) is 0 Å². The van der Waals surface area contributed by atoms with Gasteiger partial charge in [-0.15, -0.1) is 22.7 Å². The summed E-state index contributed by atoms with van der Waals surface area (Å²) in [7, 11) is 0. The SMILES string of the molecule is Cc1ccc(-c2nc(CCNC(=O)CCC(=O)c3ccc(C)s3)cs2)cc1. The molecule has 1 amide bonds. The summed E-state index contributed by atoms with van der Waals surface area (Å²) in [6, 6.07) is 12.1. The summed E-state index contributed by atoms with van der Waals surface area (Å²) in [5.41, 5.74) is 3.31. The first-order chi connectivity index (χ1) is 13.0. The van der Waals surface area contributed by atoms with E-state index in [1.807, 2.05) is 24.4 Å². The van der Waals surface area contributed by atoms with Crippen LogP contribution >= 0.6 is 22.7 Å². The number of benzene rings is 1. The Kier molecular flexibility index (Phi) is 6.53. The lowest BCUT2D eigenvalue weighted by Crippen LogP contribution is -2.26. The summed E-state index contributed by atoms with van der Waals surface area (Å²) < 4.78 is 0. The first-order valence-electron chi connectivity index (χ1n) is 8.89. The fraction of sp³-hybridized carbons (Fsp3) is 0.286. The van der Waals surface area contributed by atoms with Crippen molar-refractivity contribution in [3.05, 3.63) is 62.8 Å². The predicted molar refractivity (Wildman–Crippen MR) is 112 cm³/mol. The van der Waals surface area contributed by atoms with Gasteiger partial charge in [0, 0.05) is 41.6 Å². The largest absolute Gasteiger partial charge is 0.356 e. The van der Waals surface area contributed by atoms with Gasteiger partial charge in [-0.2, -0.15) is 0 Å². The number of aryl methyl sites for hydroxylation is 2. The van der Waals surface area contributed by atoms with Crippen LogP contribution in [0.25, 0.3) is 10.6 Å². The summed E-state index contributed by atoms with van der Waals surface area (Å²) in [4.78, 5) is 30.5.